The van der Waals surface area contributed by atoms with E-state index in [0.717, 1.165) is 6.42 Å². The zero-order valence-electron chi connectivity index (χ0n) is 15.9. The van der Waals surface area contributed by atoms with E-state index >= 15 is 0 Å². The normalized spacial score (nSPS) is 15.7. The molecule has 0 aromatic heterocycles. The molecule has 0 spiro atoms. The van der Waals surface area contributed by atoms with Gasteiger partial charge in [0.25, 0.3) is 0 Å². The Morgan fingerprint density at radius 3 is 2.22 bits per heavy atom. The van der Waals surface area contributed by atoms with Crippen LogP contribution in [0.2, 0.25) is 0 Å². The van der Waals surface area contributed by atoms with Crippen LogP contribution in [-0.4, -0.2) is 62.3 Å². The van der Waals surface area contributed by atoms with Crippen LogP contribution >= 0.6 is 0 Å². The van der Waals surface area contributed by atoms with Crippen molar-refractivity contribution in [2.45, 2.75) is 65.2 Å². The van der Waals surface area contributed by atoms with Crippen molar-refractivity contribution in [3.63, 3.8) is 0 Å². The van der Waals surface area contributed by atoms with Gasteiger partial charge >= 0.3 is 5.97 Å². The largest absolute Gasteiger partial charge is 0.460 e. The van der Waals surface area contributed by atoms with Gasteiger partial charge in [0.05, 0.1) is 25.1 Å². The smallest absolute Gasteiger partial charge is 0.309 e. The first-order valence-corrected chi connectivity index (χ1v) is 8.22. The molecule has 0 rings (SSSR count). The Hall–Kier alpha value is -1.14. The zero-order valence-corrected chi connectivity index (χ0v) is 15.9. The van der Waals surface area contributed by atoms with Crippen LogP contribution in [0.4, 0.5) is 0 Å². The lowest BCUT2D eigenvalue weighted by Gasteiger charge is -2.37. The molecule has 0 aliphatic carbocycles. The summed E-state index contributed by atoms with van der Waals surface area (Å²) in [6, 6.07) is -0.182. The zero-order chi connectivity index (χ0) is 18.2. The molecule has 0 aliphatic heterocycles. The summed E-state index contributed by atoms with van der Waals surface area (Å²) in [5.41, 5.74) is -0.533. The van der Waals surface area contributed by atoms with Crippen LogP contribution in [0.1, 0.15) is 47.5 Å². The molecule has 3 atom stereocenters. The van der Waals surface area contributed by atoms with Crippen LogP contribution < -0.4 is 5.32 Å². The van der Waals surface area contributed by atoms with E-state index in [2.05, 4.69) is 19.2 Å². The predicted molar refractivity (Wildman–Crippen MR) is 91.2 cm³/mol. The number of likely N-dealkylation sites (N-methyl/N-ethyl adjacent to an activating group) is 2. The highest BCUT2D eigenvalue weighted by atomic mass is 16.6. The number of nitrogens with zero attached hydrogens (tertiary/aromatic N) is 1. The molecule has 0 heterocycles. The molecule has 1 amide bonds. The maximum absolute atomic E-state index is 12.2. The fourth-order valence-corrected chi connectivity index (χ4v) is 2.57. The number of hydrogen-bond donors (Lipinski definition) is 1. The average Bonchev–Trinajstić information content (AvgIpc) is 2.44. The van der Waals surface area contributed by atoms with Gasteiger partial charge in [-0.3, -0.25) is 9.59 Å². The lowest BCUT2D eigenvalue weighted by molar-refractivity contribution is -0.160. The number of hydrogen-bond acceptors (Lipinski definition) is 5. The minimum Gasteiger partial charge on any atom is -0.460 e. The van der Waals surface area contributed by atoms with Gasteiger partial charge in [-0.25, -0.2) is 0 Å². The number of rotatable bonds is 9. The van der Waals surface area contributed by atoms with Crippen LogP contribution in [0, 0.1) is 5.92 Å². The number of methoxy groups -OCH3 is 1. The van der Waals surface area contributed by atoms with E-state index in [1.54, 1.807) is 26.1 Å². The summed E-state index contributed by atoms with van der Waals surface area (Å²) in [7, 11) is 5.07. The van der Waals surface area contributed by atoms with Crippen LogP contribution in [0.3, 0.4) is 0 Å². The first-order chi connectivity index (χ1) is 10.6. The Balaban J connectivity index is 5.17. The highest BCUT2D eigenvalue weighted by Crippen LogP contribution is 2.22. The second kappa shape index (κ2) is 9.88. The molecule has 6 nitrogen and oxygen atoms in total. The third-order valence-electron chi connectivity index (χ3n) is 3.87. The van der Waals surface area contributed by atoms with Crippen molar-refractivity contribution in [3.8, 4) is 0 Å². The van der Waals surface area contributed by atoms with E-state index in [4.69, 9.17) is 9.47 Å². The second-order valence-corrected chi connectivity index (χ2v) is 6.98. The van der Waals surface area contributed by atoms with Crippen LogP contribution in [0.25, 0.3) is 0 Å². The molecule has 136 valence electrons. The van der Waals surface area contributed by atoms with Gasteiger partial charge in [-0.05, 0) is 33.7 Å². The highest BCUT2D eigenvalue weighted by molar-refractivity contribution is 5.78. The van der Waals surface area contributed by atoms with Gasteiger partial charge < -0.3 is 19.7 Å². The Labute approximate surface area is 140 Å². The molecule has 0 saturated carbocycles. The van der Waals surface area contributed by atoms with Crippen molar-refractivity contribution in [2.75, 3.05) is 27.7 Å². The van der Waals surface area contributed by atoms with E-state index < -0.39 is 11.7 Å². The summed E-state index contributed by atoms with van der Waals surface area (Å²) in [6.07, 6.45) is 0.612. The Kier molecular flexibility index (Phi) is 9.39. The third kappa shape index (κ3) is 7.79. The molecular formula is C17H34N2O4. The van der Waals surface area contributed by atoms with E-state index in [9.17, 15) is 9.59 Å². The lowest BCUT2D eigenvalue weighted by Crippen LogP contribution is -2.51. The van der Waals surface area contributed by atoms with Gasteiger partial charge in [0.15, 0.2) is 0 Å². The number of carbonyl (C=O) groups is 2. The molecule has 23 heavy (non-hydrogen) atoms. The maximum atomic E-state index is 12.2. The van der Waals surface area contributed by atoms with E-state index in [-0.39, 0.29) is 36.8 Å². The molecule has 3 unspecified atom stereocenters. The Morgan fingerprint density at radius 1 is 1.26 bits per heavy atom. The summed E-state index contributed by atoms with van der Waals surface area (Å²) < 4.78 is 10.9. The van der Waals surface area contributed by atoms with Crippen molar-refractivity contribution in [2.24, 2.45) is 5.92 Å². The first kappa shape index (κ1) is 21.9. The summed E-state index contributed by atoms with van der Waals surface area (Å²) in [5, 5.41) is 2.87. The highest BCUT2D eigenvalue weighted by Gasteiger charge is 2.34. The molecule has 0 aromatic carbocycles. The van der Waals surface area contributed by atoms with Gasteiger partial charge in [-0.15, -0.1) is 0 Å². The molecule has 0 aliphatic rings. The van der Waals surface area contributed by atoms with Gasteiger partial charge in [-0.2, -0.15) is 0 Å². The molecule has 0 fully saturated rings. The maximum Gasteiger partial charge on any atom is 0.309 e. The monoisotopic (exact) mass is 330 g/mol. The number of esters is 1. The van der Waals surface area contributed by atoms with Gasteiger partial charge in [0.2, 0.25) is 5.91 Å². The number of nitrogens with one attached hydrogen (secondary N) is 1. The van der Waals surface area contributed by atoms with Crippen molar-refractivity contribution < 1.29 is 19.1 Å². The van der Waals surface area contributed by atoms with Crippen LogP contribution in [0.15, 0.2) is 0 Å². The topological polar surface area (TPSA) is 67.9 Å². The average molecular weight is 330 g/mol. The first-order valence-electron chi connectivity index (χ1n) is 8.22. The summed E-state index contributed by atoms with van der Waals surface area (Å²) in [6.45, 7) is 9.89. The van der Waals surface area contributed by atoms with E-state index in [0.29, 0.717) is 0 Å². The van der Waals surface area contributed by atoms with Crippen molar-refractivity contribution >= 4 is 11.9 Å². The van der Waals surface area contributed by atoms with Crippen molar-refractivity contribution in [1.82, 2.24) is 10.2 Å². The summed E-state index contributed by atoms with van der Waals surface area (Å²) in [5.74, 6) is -0.135. The predicted octanol–water partition coefficient (Wildman–Crippen LogP) is 1.83. The minimum atomic E-state index is -0.533. The van der Waals surface area contributed by atoms with Gasteiger partial charge in [-0.1, -0.05) is 20.3 Å². The van der Waals surface area contributed by atoms with Gasteiger partial charge in [0.1, 0.15) is 5.60 Å². The third-order valence-corrected chi connectivity index (χ3v) is 3.87. The SMILES string of the molecule is CCC(C)C(C(CC(=O)OC(C)(C)C)OC)N(C)C(=O)CNC. The van der Waals surface area contributed by atoms with E-state index in [1.807, 2.05) is 20.8 Å². The van der Waals surface area contributed by atoms with Crippen LogP contribution in [-0.2, 0) is 19.1 Å². The number of amides is 1. The number of carbonyl (C=O) groups excluding carboxylic acids is 2. The molecule has 0 radical (unpaired) electrons. The second-order valence-electron chi connectivity index (χ2n) is 6.98. The molecule has 0 bridgehead atoms. The fourth-order valence-electron chi connectivity index (χ4n) is 2.57. The summed E-state index contributed by atoms with van der Waals surface area (Å²) in [4.78, 5) is 26.1. The molecular weight excluding hydrogens is 296 g/mol. The standard InChI is InChI=1S/C17H34N2O4/c1-9-12(2)16(19(7)14(20)11-18-6)13(22-8)10-15(21)23-17(3,4)5/h12-13,16,18H,9-11H2,1-8H3. The van der Waals surface area contributed by atoms with E-state index in [1.165, 1.54) is 0 Å². The Morgan fingerprint density at radius 2 is 1.83 bits per heavy atom. The molecule has 1 N–H and O–H groups in total. The van der Waals surface area contributed by atoms with Crippen molar-refractivity contribution in [3.05, 3.63) is 0 Å². The van der Waals surface area contributed by atoms with Gasteiger partial charge in [0, 0.05) is 14.2 Å². The quantitative estimate of drug-likeness (QED) is 0.653. The fraction of sp³-hybridized carbons (Fsp3) is 0.882. The Bertz CT molecular complexity index is 379. The summed E-state index contributed by atoms with van der Waals surface area (Å²) >= 11 is 0. The van der Waals surface area contributed by atoms with Crippen molar-refractivity contribution in [1.29, 1.82) is 0 Å². The molecule has 0 aromatic rings. The lowest BCUT2D eigenvalue weighted by atomic mass is 9.91. The molecule has 0 saturated heterocycles. The molecule has 6 heteroatoms. The van der Waals surface area contributed by atoms with Crippen LogP contribution in [0.5, 0.6) is 0 Å². The minimum absolute atomic E-state index is 0.0240. The number of ether oxygens (including phenoxy) is 2.